The molecule has 156 valence electrons. The van der Waals surface area contributed by atoms with Crippen molar-refractivity contribution in [1.82, 2.24) is 0 Å². The maximum atomic E-state index is 11.7. The first-order valence-corrected chi connectivity index (χ1v) is 11.2. The number of hydrogen-bond donors (Lipinski definition) is 0. The normalized spacial score (nSPS) is 29.2. The summed E-state index contributed by atoms with van der Waals surface area (Å²) >= 11 is 0. The molecule has 4 heteroatoms. The smallest absolute Gasteiger partial charge is 0.306 e. The molecule has 0 saturated heterocycles. The SMILES string of the molecule is CCOC(=O)CC1CCC(C(C)(C)C2CCC(CC(=O)OCC)CC2)CC1. The third-order valence-corrected chi connectivity index (χ3v) is 7.32. The van der Waals surface area contributed by atoms with E-state index in [1.54, 1.807) is 0 Å². The van der Waals surface area contributed by atoms with Gasteiger partial charge in [0, 0.05) is 12.8 Å². The number of carbonyl (C=O) groups excluding carboxylic acids is 2. The predicted molar refractivity (Wildman–Crippen MR) is 107 cm³/mol. The largest absolute Gasteiger partial charge is 0.466 e. The van der Waals surface area contributed by atoms with Gasteiger partial charge >= 0.3 is 11.9 Å². The van der Waals surface area contributed by atoms with Gasteiger partial charge in [0.1, 0.15) is 0 Å². The van der Waals surface area contributed by atoms with Crippen molar-refractivity contribution in [2.75, 3.05) is 13.2 Å². The van der Waals surface area contributed by atoms with Crippen LogP contribution in [0.2, 0.25) is 0 Å². The first-order chi connectivity index (χ1) is 12.9. The number of rotatable bonds is 8. The van der Waals surface area contributed by atoms with Gasteiger partial charge in [0.15, 0.2) is 0 Å². The Bertz CT molecular complexity index is 427. The summed E-state index contributed by atoms with van der Waals surface area (Å²) in [6.45, 7) is 9.64. The Morgan fingerprint density at radius 1 is 0.704 bits per heavy atom. The van der Waals surface area contributed by atoms with Crippen molar-refractivity contribution in [3.63, 3.8) is 0 Å². The zero-order valence-electron chi connectivity index (χ0n) is 17.9. The zero-order chi connectivity index (χ0) is 19.9. The lowest BCUT2D eigenvalue weighted by atomic mass is 9.59. The van der Waals surface area contributed by atoms with Crippen LogP contribution < -0.4 is 0 Å². The van der Waals surface area contributed by atoms with E-state index >= 15 is 0 Å². The van der Waals surface area contributed by atoms with Crippen LogP contribution in [-0.2, 0) is 19.1 Å². The number of carbonyl (C=O) groups is 2. The molecule has 0 atom stereocenters. The van der Waals surface area contributed by atoms with Crippen molar-refractivity contribution >= 4 is 11.9 Å². The molecule has 2 fully saturated rings. The van der Waals surface area contributed by atoms with E-state index in [4.69, 9.17) is 9.47 Å². The third kappa shape index (κ3) is 6.50. The van der Waals surface area contributed by atoms with Crippen molar-refractivity contribution in [2.24, 2.45) is 29.1 Å². The minimum Gasteiger partial charge on any atom is -0.466 e. The van der Waals surface area contributed by atoms with Gasteiger partial charge < -0.3 is 9.47 Å². The second kappa shape index (κ2) is 10.5. The van der Waals surface area contributed by atoms with Gasteiger partial charge in [-0.3, -0.25) is 9.59 Å². The fourth-order valence-corrected chi connectivity index (χ4v) is 5.47. The molecule has 0 aromatic carbocycles. The highest BCUT2D eigenvalue weighted by Gasteiger charge is 2.40. The summed E-state index contributed by atoms with van der Waals surface area (Å²) < 4.78 is 10.2. The van der Waals surface area contributed by atoms with Gasteiger partial charge in [-0.2, -0.15) is 0 Å². The number of ether oxygens (including phenoxy) is 2. The fourth-order valence-electron chi connectivity index (χ4n) is 5.47. The molecule has 0 spiro atoms. The molecular formula is C23H40O4. The molecule has 0 aromatic heterocycles. The Labute approximate surface area is 165 Å². The molecule has 2 aliphatic carbocycles. The van der Waals surface area contributed by atoms with Gasteiger partial charge in [0.25, 0.3) is 0 Å². The van der Waals surface area contributed by atoms with Crippen LogP contribution in [-0.4, -0.2) is 25.2 Å². The average Bonchev–Trinajstić information content (AvgIpc) is 2.63. The molecule has 0 amide bonds. The highest BCUT2D eigenvalue weighted by atomic mass is 16.5. The first kappa shape index (κ1) is 22.2. The van der Waals surface area contributed by atoms with Crippen LogP contribution in [0.25, 0.3) is 0 Å². The molecule has 0 bridgehead atoms. The van der Waals surface area contributed by atoms with Gasteiger partial charge in [-0.05, 0) is 94.3 Å². The predicted octanol–water partition coefficient (Wildman–Crippen LogP) is 5.53. The second-order valence-corrected chi connectivity index (χ2v) is 9.27. The Kier molecular flexibility index (Phi) is 8.62. The summed E-state index contributed by atoms with van der Waals surface area (Å²) in [7, 11) is 0. The van der Waals surface area contributed by atoms with E-state index in [1.807, 2.05) is 13.8 Å². The molecule has 0 aromatic rings. The lowest BCUT2D eigenvalue weighted by molar-refractivity contribution is -0.145. The van der Waals surface area contributed by atoms with E-state index in [0.29, 0.717) is 43.3 Å². The minimum absolute atomic E-state index is 0.0277. The molecule has 27 heavy (non-hydrogen) atoms. The lowest BCUT2D eigenvalue weighted by Gasteiger charge is -2.46. The van der Waals surface area contributed by atoms with E-state index in [2.05, 4.69) is 13.8 Å². The van der Waals surface area contributed by atoms with Gasteiger partial charge in [-0.25, -0.2) is 0 Å². The molecule has 2 rings (SSSR count). The van der Waals surface area contributed by atoms with Gasteiger partial charge in [0.05, 0.1) is 13.2 Å². The molecule has 0 N–H and O–H groups in total. The summed E-state index contributed by atoms with van der Waals surface area (Å²) in [5.74, 6) is 2.47. The van der Waals surface area contributed by atoms with E-state index in [0.717, 1.165) is 37.5 Å². The monoisotopic (exact) mass is 380 g/mol. The molecule has 0 radical (unpaired) electrons. The molecule has 0 aliphatic heterocycles. The summed E-state index contributed by atoms with van der Waals surface area (Å²) in [5.41, 5.74) is 0.351. The summed E-state index contributed by atoms with van der Waals surface area (Å²) in [6, 6.07) is 0. The molecule has 0 unspecified atom stereocenters. The molecule has 2 saturated carbocycles. The summed E-state index contributed by atoms with van der Waals surface area (Å²) in [5, 5.41) is 0. The summed E-state index contributed by atoms with van der Waals surface area (Å²) in [4.78, 5) is 23.5. The number of hydrogen-bond acceptors (Lipinski definition) is 4. The van der Waals surface area contributed by atoms with Crippen LogP contribution in [0.3, 0.4) is 0 Å². The van der Waals surface area contributed by atoms with Gasteiger partial charge in [0.2, 0.25) is 0 Å². The second-order valence-electron chi connectivity index (χ2n) is 9.27. The van der Waals surface area contributed by atoms with E-state index in [1.165, 1.54) is 25.7 Å². The maximum Gasteiger partial charge on any atom is 0.306 e. The Morgan fingerprint density at radius 2 is 1.04 bits per heavy atom. The Morgan fingerprint density at radius 3 is 1.33 bits per heavy atom. The van der Waals surface area contributed by atoms with Crippen LogP contribution in [0, 0.1) is 29.1 Å². The highest BCUT2D eigenvalue weighted by Crippen LogP contribution is 2.50. The van der Waals surface area contributed by atoms with Crippen LogP contribution in [0.1, 0.15) is 91.9 Å². The van der Waals surface area contributed by atoms with E-state index in [9.17, 15) is 9.59 Å². The average molecular weight is 381 g/mol. The molecular weight excluding hydrogens is 340 g/mol. The van der Waals surface area contributed by atoms with Crippen LogP contribution in [0.5, 0.6) is 0 Å². The molecule has 0 heterocycles. The molecule has 2 aliphatic rings. The minimum atomic E-state index is -0.0277. The van der Waals surface area contributed by atoms with Crippen LogP contribution in [0.15, 0.2) is 0 Å². The van der Waals surface area contributed by atoms with E-state index < -0.39 is 0 Å². The molecule has 4 nitrogen and oxygen atoms in total. The number of esters is 2. The zero-order valence-corrected chi connectivity index (χ0v) is 17.9. The fraction of sp³-hybridized carbons (Fsp3) is 0.913. The van der Waals surface area contributed by atoms with Crippen molar-refractivity contribution in [3.05, 3.63) is 0 Å². The summed E-state index contributed by atoms with van der Waals surface area (Å²) in [6.07, 6.45) is 10.8. The van der Waals surface area contributed by atoms with Crippen molar-refractivity contribution in [2.45, 2.75) is 91.9 Å². The van der Waals surface area contributed by atoms with Crippen LogP contribution in [0.4, 0.5) is 0 Å². The lowest BCUT2D eigenvalue weighted by Crippen LogP contribution is -2.37. The Balaban J connectivity index is 1.77. The maximum absolute atomic E-state index is 11.7. The van der Waals surface area contributed by atoms with Crippen molar-refractivity contribution < 1.29 is 19.1 Å². The van der Waals surface area contributed by atoms with Gasteiger partial charge in [-0.1, -0.05) is 13.8 Å². The van der Waals surface area contributed by atoms with Crippen molar-refractivity contribution in [1.29, 1.82) is 0 Å². The third-order valence-electron chi connectivity index (χ3n) is 7.32. The first-order valence-electron chi connectivity index (χ1n) is 11.2. The van der Waals surface area contributed by atoms with E-state index in [-0.39, 0.29) is 11.9 Å². The Hall–Kier alpha value is -1.06. The quantitative estimate of drug-likeness (QED) is 0.519. The topological polar surface area (TPSA) is 52.6 Å². The standard InChI is InChI=1S/C23H40O4/c1-5-26-21(24)15-17-7-11-19(12-8-17)23(3,4)20-13-9-18(10-14-20)16-22(25)27-6-2/h17-20H,5-16H2,1-4H3. The highest BCUT2D eigenvalue weighted by molar-refractivity contribution is 5.70. The van der Waals surface area contributed by atoms with Crippen molar-refractivity contribution in [3.8, 4) is 0 Å². The van der Waals surface area contributed by atoms with Gasteiger partial charge in [-0.15, -0.1) is 0 Å². The van der Waals surface area contributed by atoms with Crippen LogP contribution >= 0.6 is 0 Å².